The summed E-state index contributed by atoms with van der Waals surface area (Å²) in [5.74, 6) is -1.79. The van der Waals surface area contributed by atoms with Gasteiger partial charge in [0.05, 0.1) is 13.2 Å². The molecule has 6 heteroatoms. The van der Waals surface area contributed by atoms with Crippen LogP contribution in [0, 0.1) is 0 Å². The molecule has 0 unspecified atom stereocenters. The molecule has 3 atom stereocenters. The van der Waals surface area contributed by atoms with Crippen molar-refractivity contribution in [1.82, 2.24) is 0 Å². The third kappa shape index (κ3) is 5.20. The molecule has 1 aromatic carbocycles. The van der Waals surface area contributed by atoms with E-state index in [9.17, 15) is 4.79 Å². The number of hydrogen-bond donors (Lipinski definition) is 0. The summed E-state index contributed by atoms with van der Waals surface area (Å²) in [7, 11) is 0. The SMILES string of the molecule is CCOC(=O)/C(=C/[C@H]1OC(C)(C)O[C@@H]1[C@@H]1COC(C)(C)O1)Cc1ccccc1. The first kappa shape index (κ1) is 21.0. The molecule has 0 amide bonds. The molecule has 0 aromatic heterocycles. The summed E-state index contributed by atoms with van der Waals surface area (Å²) < 4.78 is 29.2. The van der Waals surface area contributed by atoms with Gasteiger partial charge in [-0.1, -0.05) is 30.3 Å². The van der Waals surface area contributed by atoms with Gasteiger partial charge in [0, 0.05) is 12.0 Å². The van der Waals surface area contributed by atoms with Crippen LogP contribution in [0.15, 0.2) is 42.0 Å². The third-order valence-corrected chi connectivity index (χ3v) is 4.70. The fraction of sp³-hybridized carbons (Fsp3) is 0.591. The number of carbonyl (C=O) groups excluding carboxylic acids is 1. The predicted molar refractivity (Wildman–Crippen MR) is 104 cm³/mol. The Morgan fingerprint density at radius 1 is 1.11 bits per heavy atom. The number of carbonyl (C=O) groups is 1. The molecule has 0 saturated carbocycles. The Kier molecular flexibility index (Phi) is 6.25. The Bertz CT molecular complexity index is 709. The predicted octanol–water partition coefficient (Wildman–Crippen LogP) is 3.39. The molecule has 6 nitrogen and oxygen atoms in total. The van der Waals surface area contributed by atoms with E-state index in [-0.39, 0.29) is 18.2 Å². The number of benzene rings is 1. The van der Waals surface area contributed by atoms with Gasteiger partial charge >= 0.3 is 5.97 Å². The first-order chi connectivity index (χ1) is 13.2. The monoisotopic (exact) mass is 390 g/mol. The smallest absolute Gasteiger partial charge is 0.334 e. The Morgan fingerprint density at radius 2 is 1.82 bits per heavy atom. The Balaban J connectivity index is 1.86. The van der Waals surface area contributed by atoms with E-state index in [0.717, 1.165) is 5.56 Å². The van der Waals surface area contributed by atoms with Gasteiger partial charge < -0.3 is 23.7 Å². The Hall–Kier alpha value is -1.73. The van der Waals surface area contributed by atoms with Crippen molar-refractivity contribution >= 4 is 5.97 Å². The lowest BCUT2D eigenvalue weighted by Crippen LogP contribution is -2.38. The van der Waals surface area contributed by atoms with E-state index >= 15 is 0 Å². The number of esters is 1. The lowest BCUT2D eigenvalue weighted by molar-refractivity contribution is -0.174. The van der Waals surface area contributed by atoms with Crippen LogP contribution in [0.1, 0.15) is 40.2 Å². The average Bonchev–Trinajstić information content (AvgIpc) is 3.13. The molecule has 0 aliphatic carbocycles. The molecule has 28 heavy (non-hydrogen) atoms. The molecule has 154 valence electrons. The first-order valence-electron chi connectivity index (χ1n) is 9.78. The van der Waals surface area contributed by atoms with Crippen LogP contribution in [0.5, 0.6) is 0 Å². The summed E-state index contributed by atoms with van der Waals surface area (Å²) >= 11 is 0. The summed E-state index contributed by atoms with van der Waals surface area (Å²) in [6.07, 6.45) is 1.18. The molecule has 0 spiro atoms. The summed E-state index contributed by atoms with van der Waals surface area (Å²) in [5, 5.41) is 0. The van der Waals surface area contributed by atoms with Crippen molar-refractivity contribution in [2.75, 3.05) is 13.2 Å². The highest BCUT2D eigenvalue weighted by Gasteiger charge is 2.49. The number of ether oxygens (including phenoxy) is 5. The molecule has 2 aliphatic heterocycles. The number of rotatable bonds is 6. The van der Waals surface area contributed by atoms with E-state index in [2.05, 4.69) is 0 Å². The van der Waals surface area contributed by atoms with E-state index in [4.69, 9.17) is 23.7 Å². The van der Waals surface area contributed by atoms with Crippen molar-refractivity contribution in [3.8, 4) is 0 Å². The molecule has 1 aromatic rings. The molecular formula is C22H30O6. The standard InChI is InChI=1S/C22H30O6/c1-6-24-20(23)16(12-15-10-8-7-9-11-15)13-17-19(28-22(4,5)26-17)18-14-25-21(2,3)27-18/h7-11,13,17-19H,6,12,14H2,1-5H3/b16-13+/t17-,18+,19+/m1/s1. The second-order valence-corrected chi connectivity index (χ2v) is 8.01. The molecule has 2 aliphatic rings. The van der Waals surface area contributed by atoms with Crippen molar-refractivity contribution in [1.29, 1.82) is 0 Å². The second-order valence-electron chi connectivity index (χ2n) is 8.01. The summed E-state index contributed by atoms with van der Waals surface area (Å²) in [6, 6.07) is 9.81. The van der Waals surface area contributed by atoms with Gasteiger partial charge in [-0.25, -0.2) is 4.79 Å². The van der Waals surface area contributed by atoms with Gasteiger partial charge in [0.1, 0.15) is 18.3 Å². The van der Waals surface area contributed by atoms with E-state index < -0.39 is 17.7 Å². The van der Waals surface area contributed by atoms with Gasteiger partial charge in [-0.15, -0.1) is 0 Å². The maximum absolute atomic E-state index is 12.6. The number of hydrogen-bond acceptors (Lipinski definition) is 6. The van der Waals surface area contributed by atoms with Crippen molar-refractivity contribution in [3.05, 3.63) is 47.5 Å². The minimum absolute atomic E-state index is 0.279. The van der Waals surface area contributed by atoms with Crippen molar-refractivity contribution < 1.29 is 28.5 Å². The van der Waals surface area contributed by atoms with Crippen LogP contribution in [0.2, 0.25) is 0 Å². The Morgan fingerprint density at radius 3 is 2.43 bits per heavy atom. The van der Waals surface area contributed by atoms with E-state index in [1.54, 1.807) is 6.92 Å². The van der Waals surface area contributed by atoms with Gasteiger partial charge in [0.25, 0.3) is 0 Å². The molecular weight excluding hydrogens is 360 g/mol. The average molecular weight is 390 g/mol. The van der Waals surface area contributed by atoms with Gasteiger partial charge in [-0.2, -0.15) is 0 Å². The zero-order valence-corrected chi connectivity index (χ0v) is 17.3. The largest absolute Gasteiger partial charge is 0.463 e. The highest BCUT2D eigenvalue weighted by molar-refractivity contribution is 5.89. The minimum Gasteiger partial charge on any atom is -0.463 e. The second kappa shape index (κ2) is 8.33. The summed E-state index contributed by atoms with van der Waals surface area (Å²) in [4.78, 5) is 12.6. The molecule has 0 radical (unpaired) electrons. The van der Waals surface area contributed by atoms with Gasteiger partial charge in [0.2, 0.25) is 0 Å². The molecule has 3 rings (SSSR count). The van der Waals surface area contributed by atoms with Crippen LogP contribution in [0.4, 0.5) is 0 Å². The molecule has 2 heterocycles. The van der Waals surface area contributed by atoms with Crippen LogP contribution < -0.4 is 0 Å². The van der Waals surface area contributed by atoms with Gasteiger partial charge in [-0.3, -0.25) is 0 Å². The zero-order valence-electron chi connectivity index (χ0n) is 17.3. The van der Waals surface area contributed by atoms with Crippen molar-refractivity contribution in [3.63, 3.8) is 0 Å². The summed E-state index contributed by atoms with van der Waals surface area (Å²) in [5.41, 5.74) is 1.57. The lowest BCUT2D eigenvalue weighted by Gasteiger charge is -2.23. The highest BCUT2D eigenvalue weighted by atomic mass is 16.8. The van der Waals surface area contributed by atoms with Crippen LogP contribution >= 0.6 is 0 Å². The van der Waals surface area contributed by atoms with Crippen LogP contribution in [0.25, 0.3) is 0 Å². The van der Waals surface area contributed by atoms with Crippen LogP contribution in [-0.4, -0.2) is 49.1 Å². The summed E-state index contributed by atoms with van der Waals surface area (Å²) in [6.45, 7) is 9.98. The van der Waals surface area contributed by atoms with Crippen LogP contribution in [-0.2, 0) is 34.9 Å². The maximum Gasteiger partial charge on any atom is 0.334 e. The molecule has 0 N–H and O–H groups in total. The quantitative estimate of drug-likeness (QED) is 0.548. The van der Waals surface area contributed by atoms with E-state index in [0.29, 0.717) is 25.2 Å². The molecule has 0 bridgehead atoms. The van der Waals surface area contributed by atoms with Crippen molar-refractivity contribution in [2.45, 2.75) is 70.9 Å². The van der Waals surface area contributed by atoms with Crippen LogP contribution in [0.3, 0.4) is 0 Å². The fourth-order valence-corrected chi connectivity index (χ4v) is 3.55. The van der Waals surface area contributed by atoms with Gasteiger partial charge in [0.15, 0.2) is 11.6 Å². The molecule has 2 fully saturated rings. The van der Waals surface area contributed by atoms with E-state index in [1.165, 1.54) is 0 Å². The highest BCUT2D eigenvalue weighted by Crippen LogP contribution is 2.36. The topological polar surface area (TPSA) is 63.2 Å². The van der Waals surface area contributed by atoms with Gasteiger partial charge in [-0.05, 0) is 46.3 Å². The van der Waals surface area contributed by atoms with Crippen molar-refractivity contribution in [2.24, 2.45) is 0 Å². The normalized spacial score (nSPS) is 29.0. The fourth-order valence-electron chi connectivity index (χ4n) is 3.55. The Labute approximate surface area is 166 Å². The lowest BCUT2D eigenvalue weighted by atomic mass is 10.0. The molecule has 2 saturated heterocycles. The minimum atomic E-state index is -0.783. The third-order valence-electron chi connectivity index (χ3n) is 4.70. The van der Waals surface area contributed by atoms with E-state index in [1.807, 2.05) is 64.1 Å². The first-order valence-corrected chi connectivity index (χ1v) is 9.78. The zero-order chi connectivity index (χ0) is 20.4. The maximum atomic E-state index is 12.6.